The highest BCUT2D eigenvalue weighted by Gasteiger charge is 2.73. The van der Waals surface area contributed by atoms with E-state index in [9.17, 15) is 4.79 Å². The number of amides is 1. The molecule has 0 aromatic carbocycles. The summed E-state index contributed by atoms with van der Waals surface area (Å²) in [7, 11) is 0. The van der Waals surface area contributed by atoms with Crippen LogP contribution in [0.2, 0.25) is 0 Å². The molecule has 0 aliphatic heterocycles. The first-order valence-electron chi connectivity index (χ1n) is 7.96. The van der Waals surface area contributed by atoms with Crippen LogP contribution in [0.25, 0.3) is 0 Å². The maximum atomic E-state index is 11.9. The fourth-order valence-corrected chi connectivity index (χ4v) is 6.67. The molecule has 3 aliphatic carbocycles. The highest BCUT2D eigenvalue weighted by Crippen LogP contribution is 2.74. The van der Waals surface area contributed by atoms with Gasteiger partial charge in [0.1, 0.15) is 0 Å². The molecule has 1 N–H and O–H groups in total. The van der Waals surface area contributed by atoms with Gasteiger partial charge in [-0.05, 0) is 54.3 Å². The summed E-state index contributed by atoms with van der Waals surface area (Å²) >= 11 is 0. The van der Waals surface area contributed by atoms with Gasteiger partial charge in [-0.3, -0.25) is 4.79 Å². The van der Waals surface area contributed by atoms with Crippen molar-refractivity contribution in [2.45, 2.75) is 78.7 Å². The first-order chi connectivity index (χ1) is 8.67. The lowest BCUT2D eigenvalue weighted by molar-refractivity contribution is -0.138. The van der Waals surface area contributed by atoms with Crippen LogP contribution in [0.5, 0.6) is 0 Å². The van der Waals surface area contributed by atoms with Gasteiger partial charge >= 0.3 is 0 Å². The fraction of sp³-hybridized carbons (Fsp3) is 0.941. The van der Waals surface area contributed by atoms with Crippen molar-refractivity contribution in [2.75, 3.05) is 0 Å². The maximum absolute atomic E-state index is 11.9. The molecular weight excluding hydrogens is 234 g/mol. The summed E-state index contributed by atoms with van der Waals surface area (Å²) in [6.07, 6.45) is 7.71. The molecular formula is C17H29NO. The molecule has 0 spiro atoms. The van der Waals surface area contributed by atoms with E-state index in [4.69, 9.17) is 0 Å². The van der Waals surface area contributed by atoms with Crippen LogP contribution in [0.4, 0.5) is 0 Å². The molecule has 3 rings (SSSR count). The zero-order chi connectivity index (χ0) is 14.1. The molecule has 0 heterocycles. The van der Waals surface area contributed by atoms with Crippen LogP contribution in [0, 0.1) is 22.2 Å². The second kappa shape index (κ2) is 3.56. The number of rotatable bonds is 1. The number of hydrogen-bond donors (Lipinski definition) is 1. The van der Waals surface area contributed by atoms with E-state index in [0.717, 1.165) is 12.3 Å². The van der Waals surface area contributed by atoms with Crippen molar-refractivity contribution in [3.05, 3.63) is 0 Å². The maximum Gasteiger partial charge on any atom is 0.217 e. The van der Waals surface area contributed by atoms with Crippen molar-refractivity contribution < 1.29 is 4.79 Å². The molecule has 2 nitrogen and oxygen atoms in total. The van der Waals surface area contributed by atoms with E-state index in [2.05, 4.69) is 33.0 Å². The first kappa shape index (κ1) is 13.5. The van der Waals surface area contributed by atoms with Crippen LogP contribution >= 0.6 is 0 Å². The van der Waals surface area contributed by atoms with Crippen LogP contribution in [0.15, 0.2) is 0 Å². The van der Waals surface area contributed by atoms with E-state index in [-0.39, 0.29) is 11.4 Å². The number of carbonyl (C=O) groups is 1. The molecule has 2 heteroatoms. The number of nitrogens with one attached hydrogen (secondary N) is 1. The Morgan fingerprint density at radius 1 is 1.11 bits per heavy atom. The summed E-state index contributed by atoms with van der Waals surface area (Å²) in [6, 6.07) is 0. The molecule has 4 bridgehead atoms. The smallest absolute Gasteiger partial charge is 0.217 e. The minimum Gasteiger partial charge on any atom is -0.350 e. The van der Waals surface area contributed by atoms with Gasteiger partial charge in [-0.2, -0.15) is 0 Å². The average molecular weight is 263 g/mol. The molecule has 0 unspecified atom stereocenters. The van der Waals surface area contributed by atoms with Crippen LogP contribution in [-0.2, 0) is 4.79 Å². The standard InChI is InChI=1S/C17H29NO/c1-12(19)18-17-11-14(2,3)13-7-10-15(17,4)8-6-9-16(13,17)5/h13H,6-11H2,1-5H3,(H,18,19)/t13-,15+,16-,17+/m0/s1. The zero-order valence-corrected chi connectivity index (χ0v) is 13.2. The average Bonchev–Trinajstić information content (AvgIpc) is 2.32. The Kier molecular flexibility index (Phi) is 2.52. The minimum atomic E-state index is 0.0382. The third-order valence-electron chi connectivity index (χ3n) is 7.24. The van der Waals surface area contributed by atoms with Crippen molar-refractivity contribution in [3.63, 3.8) is 0 Å². The van der Waals surface area contributed by atoms with Crippen LogP contribution in [0.1, 0.15) is 73.1 Å². The molecule has 4 atom stereocenters. The van der Waals surface area contributed by atoms with Crippen molar-refractivity contribution in [1.29, 1.82) is 0 Å². The van der Waals surface area contributed by atoms with Crippen LogP contribution in [0.3, 0.4) is 0 Å². The first-order valence-corrected chi connectivity index (χ1v) is 7.96. The molecule has 0 aromatic rings. The van der Waals surface area contributed by atoms with Gasteiger partial charge in [0.2, 0.25) is 5.91 Å². The predicted molar refractivity (Wildman–Crippen MR) is 77.7 cm³/mol. The highest BCUT2D eigenvalue weighted by molar-refractivity contribution is 5.74. The molecule has 0 aromatic heterocycles. The molecule has 3 fully saturated rings. The second-order valence-corrected chi connectivity index (χ2v) is 8.67. The molecule has 1 amide bonds. The third kappa shape index (κ3) is 1.41. The van der Waals surface area contributed by atoms with Crippen LogP contribution < -0.4 is 5.32 Å². The Labute approximate surface area is 117 Å². The molecule has 0 saturated heterocycles. The van der Waals surface area contributed by atoms with Gasteiger partial charge < -0.3 is 5.32 Å². The van der Waals surface area contributed by atoms with E-state index in [1.807, 2.05) is 0 Å². The van der Waals surface area contributed by atoms with E-state index in [1.54, 1.807) is 6.92 Å². The van der Waals surface area contributed by atoms with Gasteiger partial charge in [0.25, 0.3) is 0 Å². The van der Waals surface area contributed by atoms with E-state index < -0.39 is 0 Å². The Hall–Kier alpha value is -0.530. The normalized spacial score (nSPS) is 50.9. The Bertz CT molecular complexity index is 429. The summed E-state index contributed by atoms with van der Waals surface area (Å²) in [5.74, 6) is 0.929. The summed E-state index contributed by atoms with van der Waals surface area (Å²) in [5, 5.41) is 3.49. The zero-order valence-electron chi connectivity index (χ0n) is 13.2. The van der Waals surface area contributed by atoms with Crippen molar-refractivity contribution >= 4 is 5.91 Å². The van der Waals surface area contributed by atoms with Gasteiger partial charge in [0.05, 0.1) is 5.54 Å². The lowest BCUT2D eigenvalue weighted by Crippen LogP contribution is -2.69. The number of carbonyl (C=O) groups excluding carboxylic acids is 1. The van der Waals surface area contributed by atoms with Crippen LogP contribution in [-0.4, -0.2) is 11.4 Å². The quantitative estimate of drug-likeness (QED) is 0.764. The SMILES string of the molecule is CC(=O)N[C@]12CC(C)(C)[C@@H]3CC[C@@]1(C)CCC[C@@]32C. The highest BCUT2D eigenvalue weighted by atomic mass is 16.1. The summed E-state index contributed by atoms with van der Waals surface area (Å²) in [5.41, 5.74) is 0.999. The molecule has 3 aliphatic rings. The Morgan fingerprint density at radius 2 is 1.79 bits per heavy atom. The fourth-order valence-electron chi connectivity index (χ4n) is 6.67. The monoisotopic (exact) mass is 263 g/mol. The predicted octanol–water partition coefficient (Wildman–Crippen LogP) is 3.90. The van der Waals surface area contributed by atoms with Crippen molar-refractivity contribution in [2.24, 2.45) is 22.2 Å². The van der Waals surface area contributed by atoms with E-state index in [0.29, 0.717) is 16.2 Å². The van der Waals surface area contributed by atoms with Gasteiger partial charge in [-0.15, -0.1) is 0 Å². The van der Waals surface area contributed by atoms with E-state index in [1.165, 1.54) is 32.1 Å². The molecule has 108 valence electrons. The van der Waals surface area contributed by atoms with Gasteiger partial charge in [0.15, 0.2) is 0 Å². The van der Waals surface area contributed by atoms with Gasteiger partial charge in [-0.25, -0.2) is 0 Å². The third-order valence-corrected chi connectivity index (χ3v) is 7.24. The summed E-state index contributed by atoms with van der Waals surface area (Å²) in [6.45, 7) is 11.5. The Morgan fingerprint density at radius 3 is 2.42 bits per heavy atom. The van der Waals surface area contributed by atoms with Crippen molar-refractivity contribution in [3.8, 4) is 0 Å². The molecule has 19 heavy (non-hydrogen) atoms. The number of hydrogen-bond acceptors (Lipinski definition) is 1. The lowest BCUT2D eigenvalue weighted by atomic mass is 9.45. The van der Waals surface area contributed by atoms with Gasteiger partial charge in [0, 0.05) is 6.92 Å². The molecule has 3 saturated carbocycles. The van der Waals surface area contributed by atoms with E-state index >= 15 is 0 Å². The lowest BCUT2D eigenvalue weighted by Gasteiger charge is -2.63. The minimum absolute atomic E-state index is 0.0382. The topological polar surface area (TPSA) is 29.1 Å². The van der Waals surface area contributed by atoms with Crippen molar-refractivity contribution in [1.82, 2.24) is 5.32 Å². The van der Waals surface area contributed by atoms with Gasteiger partial charge in [-0.1, -0.05) is 34.1 Å². The summed E-state index contributed by atoms with van der Waals surface area (Å²) in [4.78, 5) is 11.9. The second-order valence-electron chi connectivity index (χ2n) is 8.67. The Balaban J connectivity index is 2.18. The largest absolute Gasteiger partial charge is 0.350 e. The summed E-state index contributed by atoms with van der Waals surface area (Å²) < 4.78 is 0. The molecule has 0 radical (unpaired) electrons.